The van der Waals surface area contributed by atoms with Crippen LogP contribution in [0.4, 0.5) is 11.4 Å². The van der Waals surface area contributed by atoms with E-state index in [0.29, 0.717) is 0 Å². The normalized spacial score (nSPS) is 15.1. The number of fused-ring (bicyclic) bond motifs is 1. The smallest absolute Gasteiger partial charge is 0.256 e. The fourth-order valence-corrected chi connectivity index (χ4v) is 3.33. The summed E-state index contributed by atoms with van der Waals surface area (Å²) >= 11 is 0. The number of hydrogen-bond donors (Lipinski definition) is 0. The zero-order valence-corrected chi connectivity index (χ0v) is 15.5. The molecule has 4 heteroatoms. The number of carbonyl (C=O) groups excluding carboxylic acids is 1. The summed E-state index contributed by atoms with van der Waals surface area (Å²) in [7, 11) is 6.57. The molecule has 1 heterocycles. The largest absolute Gasteiger partial charge is 0.339 e. The molecule has 0 aromatic heterocycles. The van der Waals surface area contributed by atoms with Crippen molar-refractivity contribution in [1.29, 1.82) is 0 Å². The van der Waals surface area contributed by atoms with Crippen LogP contribution in [-0.4, -0.2) is 62.6 Å². The van der Waals surface area contributed by atoms with E-state index in [0.717, 1.165) is 54.0 Å². The van der Waals surface area contributed by atoms with Crippen LogP contribution < -0.4 is 4.90 Å². The highest BCUT2D eigenvalue weighted by atomic mass is 16.2. The summed E-state index contributed by atoms with van der Waals surface area (Å²) in [5.41, 5.74) is 2.94. The minimum atomic E-state index is 0.149. The maximum atomic E-state index is 13.1. The first-order valence-electron chi connectivity index (χ1n) is 8.97. The molecular formula is C21H28N3O+. The average Bonchev–Trinajstić information content (AvgIpc) is 2.73. The van der Waals surface area contributed by atoms with E-state index >= 15 is 0 Å². The van der Waals surface area contributed by atoms with Crippen molar-refractivity contribution in [3.05, 3.63) is 60.2 Å². The van der Waals surface area contributed by atoms with Crippen molar-refractivity contribution in [2.75, 3.05) is 52.2 Å². The molecule has 0 fully saturated rings. The van der Waals surface area contributed by atoms with E-state index in [1.807, 2.05) is 41.3 Å². The van der Waals surface area contributed by atoms with Gasteiger partial charge in [-0.3, -0.25) is 4.79 Å². The Balaban J connectivity index is 1.84. The van der Waals surface area contributed by atoms with Crippen molar-refractivity contribution >= 4 is 17.3 Å². The summed E-state index contributed by atoms with van der Waals surface area (Å²) in [6.07, 6.45) is 1.02. The highest BCUT2D eigenvalue weighted by Crippen LogP contribution is 2.31. The SMILES string of the molecule is C[N+](C)(C)CCCN1CCN(c2ccccc2)c2ccccc2C1=O. The Morgan fingerprint density at radius 2 is 1.60 bits per heavy atom. The number of amides is 1. The highest BCUT2D eigenvalue weighted by Gasteiger charge is 2.26. The van der Waals surface area contributed by atoms with Gasteiger partial charge in [-0.15, -0.1) is 0 Å². The highest BCUT2D eigenvalue weighted by molar-refractivity contribution is 6.01. The first-order valence-corrected chi connectivity index (χ1v) is 8.97. The Labute approximate surface area is 150 Å². The van der Waals surface area contributed by atoms with Gasteiger partial charge in [-0.05, 0) is 24.3 Å². The molecule has 0 bridgehead atoms. The van der Waals surface area contributed by atoms with Crippen molar-refractivity contribution < 1.29 is 9.28 Å². The molecule has 4 nitrogen and oxygen atoms in total. The molecule has 25 heavy (non-hydrogen) atoms. The predicted molar refractivity (Wildman–Crippen MR) is 103 cm³/mol. The van der Waals surface area contributed by atoms with Crippen molar-refractivity contribution in [3.63, 3.8) is 0 Å². The molecule has 3 rings (SSSR count). The maximum Gasteiger partial charge on any atom is 0.256 e. The van der Waals surface area contributed by atoms with E-state index in [9.17, 15) is 4.79 Å². The van der Waals surface area contributed by atoms with Gasteiger partial charge >= 0.3 is 0 Å². The van der Waals surface area contributed by atoms with E-state index in [4.69, 9.17) is 0 Å². The first-order chi connectivity index (χ1) is 12.0. The minimum Gasteiger partial charge on any atom is -0.339 e. The van der Waals surface area contributed by atoms with Crippen LogP contribution in [0.2, 0.25) is 0 Å². The molecule has 2 aromatic carbocycles. The van der Waals surface area contributed by atoms with E-state index < -0.39 is 0 Å². The number of rotatable bonds is 5. The van der Waals surface area contributed by atoms with Gasteiger partial charge in [0.25, 0.3) is 5.91 Å². The standard InChI is InChI=1S/C21H28N3O/c1-24(2,3)17-9-14-22-15-16-23(18-10-5-4-6-11-18)20-13-8-7-12-19(20)21(22)25/h4-8,10-13H,9,14-17H2,1-3H3/q+1. The molecule has 0 N–H and O–H groups in total. The number of nitrogens with zero attached hydrogens (tertiary/aromatic N) is 3. The molecule has 0 saturated carbocycles. The summed E-state index contributed by atoms with van der Waals surface area (Å²) in [4.78, 5) is 17.3. The minimum absolute atomic E-state index is 0.149. The van der Waals surface area contributed by atoms with Crippen LogP contribution >= 0.6 is 0 Å². The Morgan fingerprint density at radius 1 is 0.920 bits per heavy atom. The van der Waals surface area contributed by atoms with Gasteiger partial charge < -0.3 is 14.3 Å². The fraction of sp³-hybridized carbons (Fsp3) is 0.381. The predicted octanol–water partition coefficient (Wildman–Crippen LogP) is 3.38. The number of benzene rings is 2. The lowest BCUT2D eigenvalue weighted by Crippen LogP contribution is -2.39. The molecule has 2 aromatic rings. The van der Waals surface area contributed by atoms with E-state index in [1.54, 1.807) is 0 Å². The van der Waals surface area contributed by atoms with Crippen LogP contribution in [-0.2, 0) is 0 Å². The first kappa shape index (κ1) is 17.5. The molecule has 1 aliphatic rings. The lowest BCUT2D eigenvalue weighted by Gasteiger charge is -2.27. The zero-order valence-electron chi connectivity index (χ0n) is 15.5. The molecule has 0 atom stereocenters. The molecular weight excluding hydrogens is 310 g/mol. The summed E-state index contributed by atoms with van der Waals surface area (Å²) in [6, 6.07) is 18.3. The molecule has 0 spiro atoms. The summed E-state index contributed by atoms with van der Waals surface area (Å²) in [5.74, 6) is 0.149. The van der Waals surface area contributed by atoms with E-state index in [1.165, 1.54) is 0 Å². The molecule has 0 radical (unpaired) electrons. The number of quaternary nitrogens is 1. The van der Waals surface area contributed by atoms with E-state index in [2.05, 4.69) is 44.2 Å². The van der Waals surface area contributed by atoms with Crippen LogP contribution in [0.25, 0.3) is 0 Å². The fourth-order valence-electron chi connectivity index (χ4n) is 3.33. The molecule has 0 saturated heterocycles. The van der Waals surface area contributed by atoms with Crippen LogP contribution in [0.3, 0.4) is 0 Å². The monoisotopic (exact) mass is 338 g/mol. The Hall–Kier alpha value is -2.33. The second-order valence-electron chi connectivity index (χ2n) is 7.66. The Morgan fingerprint density at radius 3 is 2.32 bits per heavy atom. The van der Waals surface area contributed by atoms with Gasteiger partial charge in [-0.1, -0.05) is 30.3 Å². The van der Waals surface area contributed by atoms with Gasteiger partial charge in [0, 0.05) is 31.7 Å². The zero-order chi connectivity index (χ0) is 17.9. The van der Waals surface area contributed by atoms with Gasteiger partial charge in [0.2, 0.25) is 0 Å². The number of anilines is 2. The Kier molecular flexibility index (Phi) is 5.09. The van der Waals surface area contributed by atoms with Gasteiger partial charge in [0.15, 0.2) is 0 Å². The second kappa shape index (κ2) is 7.28. The van der Waals surface area contributed by atoms with Gasteiger partial charge in [0.05, 0.1) is 38.9 Å². The topological polar surface area (TPSA) is 23.6 Å². The van der Waals surface area contributed by atoms with Gasteiger partial charge in [-0.2, -0.15) is 0 Å². The van der Waals surface area contributed by atoms with Crippen molar-refractivity contribution in [2.45, 2.75) is 6.42 Å². The van der Waals surface area contributed by atoms with E-state index in [-0.39, 0.29) is 5.91 Å². The summed E-state index contributed by atoms with van der Waals surface area (Å²) in [6.45, 7) is 3.44. The lowest BCUT2D eigenvalue weighted by molar-refractivity contribution is -0.870. The molecule has 1 aliphatic heterocycles. The van der Waals surface area contributed by atoms with Crippen LogP contribution in [0.1, 0.15) is 16.8 Å². The maximum absolute atomic E-state index is 13.1. The number of para-hydroxylation sites is 2. The number of hydrogen-bond acceptors (Lipinski definition) is 2. The van der Waals surface area contributed by atoms with Gasteiger partial charge in [-0.25, -0.2) is 0 Å². The molecule has 0 aliphatic carbocycles. The third-order valence-corrected chi connectivity index (χ3v) is 4.63. The molecule has 132 valence electrons. The van der Waals surface area contributed by atoms with Crippen molar-refractivity contribution in [2.24, 2.45) is 0 Å². The number of carbonyl (C=O) groups is 1. The van der Waals surface area contributed by atoms with Crippen molar-refractivity contribution in [3.8, 4) is 0 Å². The van der Waals surface area contributed by atoms with Crippen LogP contribution in [0.15, 0.2) is 54.6 Å². The molecule has 0 unspecified atom stereocenters. The Bertz CT molecular complexity index is 721. The van der Waals surface area contributed by atoms with Crippen LogP contribution in [0, 0.1) is 0 Å². The third-order valence-electron chi connectivity index (χ3n) is 4.63. The lowest BCUT2D eigenvalue weighted by atomic mass is 10.1. The summed E-state index contributed by atoms with van der Waals surface area (Å²) < 4.78 is 0.925. The third kappa shape index (κ3) is 4.20. The average molecular weight is 338 g/mol. The quantitative estimate of drug-likeness (QED) is 0.781. The molecule has 1 amide bonds. The summed E-state index contributed by atoms with van der Waals surface area (Å²) in [5, 5.41) is 0. The van der Waals surface area contributed by atoms with Crippen LogP contribution in [0.5, 0.6) is 0 Å². The second-order valence-corrected chi connectivity index (χ2v) is 7.66. The van der Waals surface area contributed by atoms with Crippen molar-refractivity contribution in [1.82, 2.24) is 4.90 Å². The van der Waals surface area contributed by atoms with Gasteiger partial charge in [0.1, 0.15) is 0 Å².